The molecule has 80 valence electrons. The second kappa shape index (κ2) is 6.70. The van der Waals surface area contributed by atoms with Crippen LogP contribution in [-0.4, -0.2) is 26.4 Å². The van der Waals surface area contributed by atoms with E-state index >= 15 is 0 Å². The predicted molar refractivity (Wildman–Crippen MR) is 51.5 cm³/mol. The molecule has 4 N–H and O–H groups in total. The number of hydrogen-bond donors (Lipinski definition) is 4. The largest absolute Gasteiger partial charge is 0.466 e. The van der Waals surface area contributed by atoms with Crippen molar-refractivity contribution in [2.45, 2.75) is 6.42 Å². The number of hydrogen-bond acceptors (Lipinski definition) is 2. The average molecular weight is 220 g/mol. The topological polar surface area (TPSA) is 98.0 Å². The average Bonchev–Trinajstić information content (AvgIpc) is 2.03. The number of aliphatic hydroxyl groups excluding tert-OH is 1. The third-order valence-corrected chi connectivity index (χ3v) is 1.24. The molecule has 0 radical (unpaired) electrons. The Morgan fingerprint density at radius 2 is 1.50 bits per heavy atom. The van der Waals surface area contributed by atoms with Crippen molar-refractivity contribution in [1.82, 2.24) is 0 Å². The Hall–Kier alpha value is -0.710. The summed E-state index contributed by atoms with van der Waals surface area (Å²) in [4.78, 5) is 21.6. The van der Waals surface area contributed by atoms with Gasteiger partial charge in [0, 0.05) is 6.61 Å². The van der Waals surface area contributed by atoms with Crippen molar-refractivity contribution < 1.29 is 24.4 Å². The van der Waals surface area contributed by atoms with E-state index in [-0.39, 0.29) is 6.61 Å². The van der Waals surface area contributed by atoms with E-state index in [0.29, 0.717) is 0 Å². The predicted octanol–water partition coefficient (Wildman–Crippen LogP) is 0.293. The molecular formula is C8H13O5P. The Morgan fingerprint density at radius 1 is 1.07 bits per heavy atom. The molecule has 0 fully saturated rings. The van der Waals surface area contributed by atoms with E-state index in [0.717, 1.165) is 6.42 Å². The quantitative estimate of drug-likeness (QED) is 0.537. The molecule has 0 saturated heterocycles. The molecule has 0 aliphatic heterocycles. The van der Waals surface area contributed by atoms with Crippen LogP contribution >= 0.6 is 7.82 Å². The summed E-state index contributed by atoms with van der Waals surface area (Å²) < 4.78 is 8.88. The molecule has 1 rings (SSSR count). The molecule has 5 nitrogen and oxygen atoms in total. The van der Waals surface area contributed by atoms with Crippen LogP contribution in [0.4, 0.5) is 0 Å². The Balaban J connectivity index is 0.000000292. The maximum atomic E-state index is 8.88. The third kappa shape index (κ3) is 11.3. The van der Waals surface area contributed by atoms with E-state index < -0.39 is 7.82 Å². The summed E-state index contributed by atoms with van der Waals surface area (Å²) in [6, 6.07) is 9.95. The van der Waals surface area contributed by atoms with Crippen molar-refractivity contribution in [2.75, 3.05) is 6.61 Å². The molecule has 0 aliphatic carbocycles. The molecule has 0 spiro atoms. The summed E-state index contributed by atoms with van der Waals surface area (Å²) in [5.41, 5.74) is 1.19. The summed E-state index contributed by atoms with van der Waals surface area (Å²) in [7, 11) is -4.64. The minimum absolute atomic E-state index is 0.240. The molecule has 0 saturated carbocycles. The normalized spacial score (nSPS) is 10.3. The Morgan fingerprint density at radius 3 is 1.86 bits per heavy atom. The molecule has 0 aliphatic rings. The van der Waals surface area contributed by atoms with Crippen LogP contribution < -0.4 is 0 Å². The van der Waals surface area contributed by atoms with Gasteiger partial charge in [-0.25, -0.2) is 4.57 Å². The van der Waals surface area contributed by atoms with Gasteiger partial charge in [-0.1, -0.05) is 30.3 Å². The van der Waals surface area contributed by atoms with E-state index in [1.165, 1.54) is 5.56 Å². The van der Waals surface area contributed by atoms with E-state index in [1.807, 2.05) is 30.3 Å². The maximum Gasteiger partial charge on any atom is 0.466 e. The summed E-state index contributed by atoms with van der Waals surface area (Å²) in [6.07, 6.45) is 0.765. The van der Waals surface area contributed by atoms with E-state index in [2.05, 4.69) is 0 Å². The smallest absolute Gasteiger partial charge is 0.396 e. The van der Waals surface area contributed by atoms with Crippen LogP contribution in [0.5, 0.6) is 0 Å². The van der Waals surface area contributed by atoms with Gasteiger partial charge in [0.05, 0.1) is 0 Å². The highest BCUT2D eigenvalue weighted by Gasteiger charge is 2.00. The van der Waals surface area contributed by atoms with Gasteiger partial charge in [0.1, 0.15) is 0 Å². The van der Waals surface area contributed by atoms with Gasteiger partial charge in [0.2, 0.25) is 0 Å². The zero-order chi connectivity index (χ0) is 11.0. The first kappa shape index (κ1) is 13.3. The lowest BCUT2D eigenvalue weighted by atomic mass is 10.2. The van der Waals surface area contributed by atoms with Crippen LogP contribution in [0.3, 0.4) is 0 Å². The molecule has 0 amide bonds. The summed E-state index contributed by atoms with van der Waals surface area (Å²) in [5, 5.41) is 8.52. The van der Waals surface area contributed by atoms with Crippen molar-refractivity contribution in [1.29, 1.82) is 0 Å². The highest BCUT2D eigenvalue weighted by Crippen LogP contribution is 2.25. The van der Waals surface area contributed by atoms with Crippen molar-refractivity contribution >= 4 is 7.82 Å². The molecule has 6 heteroatoms. The lowest BCUT2D eigenvalue weighted by molar-refractivity contribution is 0.275. The Labute approximate surface area is 81.9 Å². The molecular weight excluding hydrogens is 207 g/mol. The lowest BCUT2D eigenvalue weighted by Gasteiger charge is -1.93. The fourth-order valence-corrected chi connectivity index (χ4v) is 0.774. The van der Waals surface area contributed by atoms with Crippen molar-refractivity contribution in [3.8, 4) is 0 Å². The van der Waals surface area contributed by atoms with Gasteiger partial charge in [-0.05, 0) is 12.0 Å². The van der Waals surface area contributed by atoms with E-state index in [9.17, 15) is 0 Å². The molecule has 0 aromatic heterocycles. The molecule has 0 bridgehead atoms. The van der Waals surface area contributed by atoms with Gasteiger partial charge in [0.15, 0.2) is 0 Å². The first-order valence-electron chi connectivity index (χ1n) is 3.86. The Bertz CT molecular complexity index is 273. The monoisotopic (exact) mass is 220 g/mol. The van der Waals surface area contributed by atoms with Gasteiger partial charge < -0.3 is 19.8 Å². The minimum atomic E-state index is -4.64. The zero-order valence-corrected chi connectivity index (χ0v) is 8.34. The van der Waals surface area contributed by atoms with Gasteiger partial charge in [-0.15, -0.1) is 0 Å². The van der Waals surface area contributed by atoms with Crippen LogP contribution in [0, 0.1) is 0 Å². The zero-order valence-electron chi connectivity index (χ0n) is 7.45. The van der Waals surface area contributed by atoms with Crippen LogP contribution in [0.2, 0.25) is 0 Å². The van der Waals surface area contributed by atoms with Crippen LogP contribution in [0.25, 0.3) is 0 Å². The van der Waals surface area contributed by atoms with Crippen molar-refractivity contribution in [3.63, 3.8) is 0 Å². The number of rotatable bonds is 2. The SMILES string of the molecule is O=P(O)(O)O.OCCc1ccccc1. The maximum absolute atomic E-state index is 8.88. The second-order valence-electron chi connectivity index (χ2n) is 2.47. The number of phosphoric acid groups is 1. The second-order valence-corrected chi connectivity index (χ2v) is 3.50. The van der Waals surface area contributed by atoms with Gasteiger partial charge in [0.25, 0.3) is 0 Å². The molecule has 0 heterocycles. The first-order chi connectivity index (χ1) is 6.43. The first-order valence-corrected chi connectivity index (χ1v) is 5.43. The van der Waals surface area contributed by atoms with Crippen molar-refractivity contribution in [3.05, 3.63) is 35.9 Å². The van der Waals surface area contributed by atoms with Crippen LogP contribution in [-0.2, 0) is 11.0 Å². The molecule has 0 atom stereocenters. The summed E-state index contributed by atoms with van der Waals surface area (Å²) in [6.45, 7) is 0.240. The number of benzene rings is 1. The van der Waals surface area contributed by atoms with Crippen LogP contribution in [0.15, 0.2) is 30.3 Å². The van der Waals surface area contributed by atoms with Gasteiger partial charge in [-0.2, -0.15) is 0 Å². The lowest BCUT2D eigenvalue weighted by Crippen LogP contribution is -1.88. The molecule has 1 aromatic carbocycles. The number of aliphatic hydroxyl groups is 1. The Kier molecular flexibility index (Phi) is 6.36. The van der Waals surface area contributed by atoms with Crippen molar-refractivity contribution in [2.24, 2.45) is 0 Å². The third-order valence-electron chi connectivity index (χ3n) is 1.24. The van der Waals surface area contributed by atoms with Gasteiger partial charge in [-0.3, -0.25) is 0 Å². The standard InChI is InChI=1S/C8H10O.H3O4P/c9-7-6-8-4-2-1-3-5-8;1-5(2,3)4/h1-5,9H,6-7H2;(H3,1,2,3,4). The fraction of sp³-hybridized carbons (Fsp3) is 0.250. The summed E-state index contributed by atoms with van der Waals surface area (Å²) >= 11 is 0. The molecule has 14 heavy (non-hydrogen) atoms. The molecule has 0 unspecified atom stereocenters. The van der Waals surface area contributed by atoms with Gasteiger partial charge >= 0.3 is 7.82 Å². The highest BCUT2D eigenvalue weighted by molar-refractivity contribution is 7.45. The summed E-state index contributed by atoms with van der Waals surface area (Å²) in [5.74, 6) is 0. The van der Waals surface area contributed by atoms with E-state index in [1.54, 1.807) is 0 Å². The molecule has 1 aromatic rings. The highest BCUT2D eigenvalue weighted by atomic mass is 31.2. The van der Waals surface area contributed by atoms with Crippen LogP contribution in [0.1, 0.15) is 5.56 Å². The van der Waals surface area contributed by atoms with E-state index in [4.69, 9.17) is 24.4 Å². The fourth-order valence-electron chi connectivity index (χ4n) is 0.774. The minimum Gasteiger partial charge on any atom is -0.396 e.